The zero-order chi connectivity index (χ0) is 16.4. The molecule has 0 aromatic heterocycles. The van der Waals surface area contributed by atoms with Gasteiger partial charge < -0.3 is 19.5 Å². The van der Waals surface area contributed by atoms with Crippen LogP contribution in [-0.4, -0.2) is 31.7 Å². The van der Waals surface area contributed by atoms with Crippen molar-refractivity contribution < 1.29 is 23.8 Å². The van der Waals surface area contributed by atoms with Crippen molar-refractivity contribution in [3.05, 3.63) is 18.2 Å². The maximum absolute atomic E-state index is 11.7. The molecule has 0 aliphatic heterocycles. The lowest BCUT2D eigenvalue weighted by Gasteiger charge is -2.13. The second-order valence-corrected chi connectivity index (χ2v) is 4.49. The molecule has 1 amide bonds. The van der Waals surface area contributed by atoms with Gasteiger partial charge in [-0.05, 0) is 32.4 Å². The van der Waals surface area contributed by atoms with Gasteiger partial charge in [0.2, 0.25) is 0 Å². The van der Waals surface area contributed by atoms with Gasteiger partial charge in [-0.25, -0.2) is 0 Å². The molecule has 0 aliphatic rings. The first-order valence-electron chi connectivity index (χ1n) is 7.45. The number of hydrogen-bond donors (Lipinski definition) is 1. The van der Waals surface area contributed by atoms with E-state index in [1.165, 1.54) is 0 Å². The normalized spacial score (nSPS) is 9.95. The molecule has 0 saturated heterocycles. The van der Waals surface area contributed by atoms with Gasteiger partial charge in [0.05, 0.1) is 13.2 Å². The summed E-state index contributed by atoms with van der Waals surface area (Å²) in [7, 11) is 0. The maximum atomic E-state index is 11.7. The van der Waals surface area contributed by atoms with Crippen molar-refractivity contribution >= 4 is 17.6 Å². The fourth-order valence-corrected chi connectivity index (χ4v) is 1.75. The molecule has 0 radical (unpaired) electrons. The van der Waals surface area contributed by atoms with E-state index in [4.69, 9.17) is 14.2 Å². The van der Waals surface area contributed by atoms with Gasteiger partial charge in [-0.2, -0.15) is 0 Å². The fourth-order valence-electron chi connectivity index (χ4n) is 1.75. The number of ether oxygens (including phenoxy) is 3. The molecule has 0 fully saturated rings. The summed E-state index contributed by atoms with van der Waals surface area (Å²) in [5, 5.41) is 2.66. The Morgan fingerprint density at radius 3 is 2.36 bits per heavy atom. The number of nitrogens with one attached hydrogen (secondary N) is 1. The summed E-state index contributed by atoms with van der Waals surface area (Å²) >= 11 is 0. The van der Waals surface area contributed by atoms with Crippen LogP contribution in [-0.2, 0) is 14.3 Å². The summed E-state index contributed by atoms with van der Waals surface area (Å²) in [6.45, 7) is 6.35. The minimum Gasteiger partial charge on any atom is -0.490 e. The zero-order valence-electron chi connectivity index (χ0n) is 13.3. The maximum Gasteiger partial charge on any atom is 0.306 e. The van der Waals surface area contributed by atoms with Crippen LogP contribution >= 0.6 is 0 Å². The quantitative estimate of drug-likeness (QED) is 0.710. The average molecular weight is 309 g/mol. The highest BCUT2D eigenvalue weighted by molar-refractivity contribution is 5.93. The fraction of sp³-hybridized carbons (Fsp3) is 0.500. The molecule has 0 atom stereocenters. The van der Waals surface area contributed by atoms with E-state index in [1.807, 2.05) is 20.8 Å². The largest absolute Gasteiger partial charge is 0.490 e. The lowest BCUT2D eigenvalue weighted by Crippen LogP contribution is -2.20. The van der Waals surface area contributed by atoms with E-state index in [2.05, 4.69) is 5.32 Å². The standard InChI is InChI=1S/C16H23NO5/c1-4-7-16(19)22-11-15(18)17-12-8-9-13(20-5-2)14(10-12)21-6-3/h8-10H,4-7,11H2,1-3H3,(H,17,18). The summed E-state index contributed by atoms with van der Waals surface area (Å²) in [6.07, 6.45) is 1.00. The predicted octanol–water partition coefficient (Wildman–Crippen LogP) is 2.77. The SMILES string of the molecule is CCCC(=O)OCC(=O)Nc1ccc(OCC)c(OCC)c1. The summed E-state index contributed by atoms with van der Waals surface area (Å²) in [5.41, 5.74) is 0.559. The van der Waals surface area contributed by atoms with Crippen LogP contribution in [0, 0.1) is 0 Å². The Balaban J connectivity index is 2.62. The Morgan fingerprint density at radius 1 is 1.05 bits per heavy atom. The molecular formula is C16H23NO5. The summed E-state index contributed by atoms with van der Waals surface area (Å²) < 4.78 is 15.8. The Bertz CT molecular complexity index is 501. The summed E-state index contributed by atoms with van der Waals surface area (Å²) in [4.78, 5) is 23.0. The number of carbonyl (C=O) groups excluding carboxylic acids is 2. The Kier molecular flexibility index (Phi) is 7.81. The third-order valence-corrected chi connectivity index (χ3v) is 2.65. The van der Waals surface area contributed by atoms with Crippen LogP contribution in [0.3, 0.4) is 0 Å². The smallest absolute Gasteiger partial charge is 0.306 e. The second-order valence-electron chi connectivity index (χ2n) is 4.49. The van der Waals surface area contributed by atoms with Gasteiger partial charge in [0.25, 0.3) is 5.91 Å². The number of hydrogen-bond acceptors (Lipinski definition) is 5. The first kappa shape index (κ1) is 17.8. The van der Waals surface area contributed by atoms with E-state index < -0.39 is 5.91 Å². The van der Waals surface area contributed by atoms with Crippen LogP contribution in [0.1, 0.15) is 33.6 Å². The Hall–Kier alpha value is -2.24. The lowest BCUT2D eigenvalue weighted by molar-refractivity contribution is -0.147. The van der Waals surface area contributed by atoms with Crippen LogP contribution in [0.4, 0.5) is 5.69 Å². The van der Waals surface area contributed by atoms with Gasteiger partial charge in [0.1, 0.15) is 0 Å². The molecule has 0 spiro atoms. The molecule has 0 saturated carbocycles. The molecule has 1 rings (SSSR count). The molecule has 6 heteroatoms. The first-order valence-corrected chi connectivity index (χ1v) is 7.45. The van der Waals surface area contributed by atoms with E-state index in [0.717, 1.165) is 0 Å². The molecule has 122 valence electrons. The Morgan fingerprint density at radius 2 is 1.73 bits per heavy atom. The molecule has 0 heterocycles. The van der Waals surface area contributed by atoms with Gasteiger partial charge in [0.15, 0.2) is 18.1 Å². The van der Waals surface area contributed by atoms with Gasteiger partial charge in [-0.3, -0.25) is 9.59 Å². The van der Waals surface area contributed by atoms with Crippen molar-refractivity contribution in [2.75, 3.05) is 25.1 Å². The molecule has 22 heavy (non-hydrogen) atoms. The molecule has 0 unspecified atom stereocenters. The highest BCUT2D eigenvalue weighted by atomic mass is 16.5. The number of rotatable bonds is 9. The van der Waals surface area contributed by atoms with E-state index in [0.29, 0.717) is 43.2 Å². The van der Waals surface area contributed by atoms with Crippen molar-refractivity contribution in [1.29, 1.82) is 0 Å². The number of carbonyl (C=O) groups is 2. The number of benzene rings is 1. The highest BCUT2D eigenvalue weighted by Gasteiger charge is 2.10. The predicted molar refractivity (Wildman–Crippen MR) is 83.3 cm³/mol. The monoisotopic (exact) mass is 309 g/mol. The number of amides is 1. The minimum atomic E-state index is -0.393. The van der Waals surface area contributed by atoms with Crippen molar-refractivity contribution in [2.45, 2.75) is 33.6 Å². The molecule has 1 N–H and O–H groups in total. The summed E-state index contributed by atoms with van der Waals surface area (Å²) in [5.74, 6) is 0.414. The van der Waals surface area contributed by atoms with Gasteiger partial charge in [-0.1, -0.05) is 6.92 Å². The van der Waals surface area contributed by atoms with Crippen LogP contribution in [0.15, 0.2) is 18.2 Å². The zero-order valence-corrected chi connectivity index (χ0v) is 13.3. The average Bonchev–Trinajstić information content (AvgIpc) is 2.49. The van der Waals surface area contributed by atoms with Gasteiger partial charge in [-0.15, -0.1) is 0 Å². The third kappa shape index (κ3) is 6.03. The van der Waals surface area contributed by atoms with Crippen LogP contribution in [0.2, 0.25) is 0 Å². The number of esters is 1. The van der Waals surface area contributed by atoms with E-state index in [9.17, 15) is 9.59 Å². The van der Waals surface area contributed by atoms with Gasteiger partial charge >= 0.3 is 5.97 Å². The van der Waals surface area contributed by atoms with Crippen molar-refractivity contribution in [3.8, 4) is 11.5 Å². The minimum absolute atomic E-state index is 0.296. The molecule has 1 aromatic rings. The summed E-state index contributed by atoms with van der Waals surface area (Å²) in [6, 6.07) is 5.12. The van der Waals surface area contributed by atoms with E-state index in [1.54, 1.807) is 18.2 Å². The Labute approximate surface area is 130 Å². The topological polar surface area (TPSA) is 73.9 Å². The molecule has 1 aromatic carbocycles. The lowest BCUT2D eigenvalue weighted by atomic mass is 10.2. The molecule has 0 aliphatic carbocycles. The second kappa shape index (κ2) is 9.65. The van der Waals surface area contributed by atoms with Crippen LogP contribution < -0.4 is 14.8 Å². The van der Waals surface area contributed by atoms with Crippen molar-refractivity contribution in [3.63, 3.8) is 0 Å². The van der Waals surface area contributed by atoms with Gasteiger partial charge in [0, 0.05) is 18.2 Å². The van der Waals surface area contributed by atoms with E-state index in [-0.39, 0.29) is 12.6 Å². The molecule has 6 nitrogen and oxygen atoms in total. The third-order valence-electron chi connectivity index (χ3n) is 2.65. The van der Waals surface area contributed by atoms with Crippen molar-refractivity contribution in [2.24, 2.45) is 0 Å². The van der Waals surface area contributed by atoms with Crippen molar-refractivity contribution in [1.82, 2.24) is 0 Å². The molecule has 0 bridgehead atoms. The first-order chi connectivity index (χ1) is 10.6. The van der Waals surface area contributed by atoms with Crippen LogP contribution in [0.5, 0.6) is 11.5 Å². The van der Waals surface area contributed by atoms with E-state index >= 15 is 0 Å². The highest BCUT2D eigenvalue weighted by Crippen LogP contribution is 2.30. The molecular weight excluding hydrogens is 286 g/mol. The number of anilines is 1. The van der Waals surface area contributed by atoms with Crippen LogP contribution in [0.25, 0.3) is 0 Å².